The van der Waals surface area contributed by atoms with E-state index in [9.17, 15) is 14.4 Å². The van der Waals surface area contributed by atoms with Gasteiger partial charge in [-0.1, -0.05) is 0 Å². The average Bonchev–Trinajstić information content (AvgIpc) is 2.39. The first kappa shape index (κ1) is 17.2. The fourth-order valence-corrected chi connectivity index (χ4v) is 1.39. The minimum Gasteiger partial charge on any atom is -0.480 e. The minimum absolute atomic E-state index is 0.0512. The topological polar surface area (TPSA) is 116 Å². The predicted molar refractivity (Wildman–Crippen MR) is 65.5 cm³/mol. The maximum atomic E-state index is 11.7. The number of nitrogens with zero attached hydrogens (tertiary/aromatic N) is 1. The van der Waals surface area contributed by atoms with E-state index in [1.54, 1.807) is 6.92 Å². The highest BCUT2D eigenvalue weighted by Gasteiger charge is 2.23. The molecule has 8 heteroatoms. The van der Waals surface area contributed by atoms with Crippen LogP contribution in [0, 0.1) is 0 Å². The van der Waals surface area contributed by atoms with Crippen molar-refractivity contribution in [3.8, 4) is 0 Å². The van der Waals surface area contributed by atoms with Crippen LogP contribution in [0.4, 0.5) is 4.79 Å². The molecule has 0 fully saturated rings. The Bertz CT molecular complexity index is 320. The fourth-order valence-electron chi connectivity index (χ4n) is 1.39. The van der Waals surface area contributed by atoms with Crippen LogP contribution in [-0.4, -0.2) is 65.9 Å². The number of urea groups is 1. The highest BCUT2D eigenvalue weighted by molar-refractivity contribution is 5.83. The van der Waals surface area contributed by atoms with E-state index in [-0.39, 0.29) is 26.0 Å². The molecule has 0 aliphatic heterocycles. The zero-order valence-corrected chi connectivity index (χ0v) is 11.1. The molecule has 0 aromatic rings. The van der Waals surface area contributed by atoms with Crippen molar-refractivity contribution in [3.63, 3.8) is 0 Å². The largest absolute Gasteiger partial charge is 0.480 e. The zero-order valence-electron chi connectivity index (χ0n) is 11.1. The van der Waals surface area contributed by atoms with Gasteiger partial charge in [0.2, 0.25) is 0 Å². The van der Waals surface area contributed by atoms with E-state index in [0.717, 1.165) is 0 Å². The van der Waals surface area contributed by atoms with Gasteiger partial charge in [-0.05, 0) is 13.3 Å². The van der Waals surface area contributed by atoms with Gasteiger partial charge in [-0.3, -0.25) is 4.79 Å². The summed E-state index contributed by atoms with van der Waals surface area (Å²) in [6, 6.07) is -1.76. The van der Waals surface area contributed by atoms with Gasteiger partial charge in [0.15, 0.2) is 0 Å². The molecular formula is C11H20N2O6. The Morgan fingerprint density at radius 2 is 2.00 bits per heavy atom. The number of hydrogen-bond donors (Lipinski definition) is 3. The molecule has 8 nitrogen and oxygen atoms in total. The number of aliphatic hydroxyl groups excluding tert-OH is 1. The molecule has 2 amide bonds. The van der Waals surface area contributed by atoms with E-state index in [4.69, 9.17) is 10.2 Å². The maximum Gasteiger partial charge on any atom is 0.326 e. The smallest absolute Gasteiger partial charge is 0.326 e. The van der Waals surface area contributed by atoms with Crippen molar-refractivity contribution in [2.45, 2.75) is 25.8 Å². The van der Waals surface area contributed by atoms with Crippen LogP contribution >= 0.6 is 0 Å². The normalized spacial score (nSPS) is 11.5. The summed E-state index contributed by atoms with van der Waals surface area (Å²) in [5.74, 6) is -1.76. The number of carbonyl (C=O) groups is 3. The van der Waals surface area contributed by atoms with Crippen molar-refractivity contribution < 1.29 is 29.3 Å². The lowest BCUT2D eigenvalue weighted by Gasteiger charge is -2.23. The quantitative estimate of drug-likeness (QED) is 0.511. The molecule has 0 unspecified atom stereocenters. The van der Waals surface area contributed by atoms with Crippen LogP contribution in [0.1, 0.15) is 19.8 Å². The zero-order chi connectivity index (χ0) is 14.8. The van der Waals surface area contributed by atoms with Crippen molar-refractivity contribution in [2.24, 2.45) is 0 Å². The molecule has 0 bridgehead atoms. The Hall–Kier alpha value is -1.83. The number of aliphatic carboxylic acids is 1. The number of hydrogen-bond acceptors (Lipinski definition) is 5. The number of aliphatic hydroxyl groups is 1. The molecule has 0 aromatic carbocycles. The van der Waals surface area contributed by atoms with Gasteiger partial charge in [0, 0.05) is 19.5 Å². The molecule has 0 spiro atoms. The second kappa shape index (κ2) is 9.15. The Morgan fingerprint density at radius 3 is 2.42 bits per heavy atom. The summed E-state index contributed by atoms with van der Waals surface area (Å²) in [6.07, 6.45) is -0.149. The third kappa shape index (κ3) is 6.61. The number of likely N-dealkylation sites (N-methyl/N-ethyl adjacent to an activating group) is 1. The van der Waals surface area contributed by atoms with Crippen LogP contribution in [0.2, 0.25) is 0 Å². The van der Waals surface area contributed by atoms with Crippen molar-refractivity contribution in [2.75, 3.05) is 26.8 Å². The maximum absolute atomic E-state index is 11.7. The van der Waals surface area contributed by atoms with Gasteiger partial charge in [0.05, 0.1) is 13.7 Å². The highest BCUT2D eigenvalue weighted by Crippen LogP contribution is 2.01. The minimum atomic E-state index is -1.22. The van der Waals surface area contributed by atoms with Crippen LogP contribution < -0.4 is 5.32 Å². The number of rotatable bonds is 8. The molecule has 0 heterocycles. The SMILES string of the molecule is CCN(CCO)C(=O)N[C@H](CCC(=O)OC)C(=O)O. The lowest BCUT2D eigenvalue weighted by atomic mass is 10.1. The fraction of sp³-hybridized carbons (Fsp3) is 0.727. The molecule has 0 saturated heterocycles. The Labute approximate surface area is 111 Å². The van der Waals surface area contributed by atoms with E-state index in [2.05, 4.69) is 10.1 Å². The number of nitrogens with one attached hydrogen (secondary N) is 1. The van der Waals surface area contributed by atoms with E-state index in [0.29, 0.717) is 6.54 Å². The van der Waals surface area contributed by atoms with Crippen LogP contribution in [0.15, 0.2) is 0 Å². The van der Waals surface area contributed by atoms with E-state index in [1.165, 1.54) is 12.0 Å². The second-order valence-corrected chi connectivity index (χ2v) is 3.76. The Morgan fingerprint density at radius 1 is 1.37 bits per heavy atom. The first-order valence-electron chi connectivity index (χ1n) is 5.92. The number of esters is 1. The molecule has 0 aliphatic carbocycles. The van der Waals surface area contributed by atoms with Crippen molar-refractivity contribution in [3.05, 3.63) is 0 Å². The molecule has 0 rings (SSSR count). The molecular weight excluding hydrogens is 256 g/mol. The molecule has 1 atom stereocenters. The third-order valence-electron chi connectivity index (χ3n) is 2.50. The van der Waals surface area contributed by atoms with Crippen molar-refractivity contribution in [1.29, 1.82) is 0 Å². The summed E-state index contributed by atoms with van der Waals surface area (Å²) in [4.78, 5) is 34.9. The van der Waals surface area contributed by atoms with Gasteiger partial charge >= 0.3 is 18.0 Å². The summed E-state index contributed by atoms with van der Waals surface area (Å²) in [5, 5.41) is 20.0. The summed E-state index contributed by atoms with van der Waals surface area (Å²) in [5.41, 5.74) is 0. The van der Waals surface area contributed by atoms with E-state index >= 15 is 0 Å². The monoisotopic (exact) mass is 276 g/mol. The lowest BCUT2D eigenvalue weighted by molar-refractivity contribution is -0.142. The number of carbonyl (C=O) groups excluding carboxylic acids is 2. The van der Waals surface area contributed by atoms with Crippen LogP contribution in [0.5, 0.6) is 0 Å². The summed E-state index contributed by atoms with van der Waals surface area (Å²) < 4.78 is 4.40. The van der Waals surface area contributed by atoms with Gasteiger partial charge in [-0.15, -0.1) is 0 Å². The van der Waals surface area contributed by atoms with Gasteiger partial charge in [0.1, 0.15) is 6.04 Å². The summed E-state index contributed by atoms with van der Waals surface area (Å²) in [7, 11) is 1.21. The van der Waals surface area contributed by atoms with Crippen LogP contribution in [0.3, 0.4) is 0 Å². The predicted octanol–water partition coefficient (Wildman–Crippen LogP) is -0.583. The number of amides is 2. The standard InChI is InChI=1S/C11H20N2O6/c1-3-13(6-7-14)11(18)12-8(10(16)17)4-5-9(15)19-2/h8,14H,3-7H2,1-2H3,(H,12,18)(H,16,17)/t8-/m1/s1. The molecule has 0 aliphatic rings. The number of carboxylic acid groups (broad SMARTS) is 1. The number of methoxy groups -OCH3 is 1. The first-order chi connectivity index (χ1) is 8.96. The first-order valence-corrected chi connectivity index (χ1v) is 5.92. The molecule has 110 valence electrons. The van der Waals surface area contributed by atoms with E-state index < -0.39 is 24.0 Å². The highest BCUT2D eigenvalue weighted by atomic mass is 16.5. The van der Waals surface area contributed by atoms with Gasteiger partial charge < -0.3 is 25.2 Å². The number of ether oxygens (including phenoxy) is 1. The molecule has 0 radical (unpaired) electrons. The Balaban J connectivity index is 4.44. The second-order valence-electron chi connectivity index (χ2n) is 3.76. The van der Waals surface area contributed by atoms with Crippen molar-refractivity contribution in [1.82, 2.24) is 10.2 Å². The molecule has 3 N–H and O–H groups in total. The summed E-state index contributed by atoms with van der Waals surface area (Å²) >= 11 is 0. The lowest BCUT2D eigenvalue weighted by Crippen LogP contribution is -2.48. The van der Waals surface area contributed by atoms with Crippen molar-refractivity contribution >= 4 is 18.0 Å². The Kier molecular flexibility index (Phi) is 8.27. The van der Waals surface area contributed by atoms with Crippen LogP contribution in [-0.2, 0) is 14.3 Å². The molecule has 0 aromatic heterocycles. The van der Waals surface area contributed by atoms with Crippen LogP contribution in [0.25, 0.3) is 0 Å². The molecule has 19 heavy (non-hydrogen) atoms. The summed E-state index contributed by atoms with van der Waals surface area (Å²) in [6.45, 7) is 1.96. The van der Waals surface area contributed by atoms with Gasteiger partial charge in [0.25, 0.3) is 0 Å². The van der Waals surface area contributed by atoms with E-state index in [1.807, 2.05) is 0 Å². The molecule has 0 saturated carbocycles. The number of carboxylic acids is 1. The third-order valence-corrected chi connectivity index (χ3v) is 2.50. The average molecular weight is 276 g/mol. The van der Waals surface area contributed by atoms with Gasteiger partial charge in [-0.25, -0.2) is 9.59 Å². The van der Waals surface area contributed by atoms with Gasteiger partial charge in [-0.2, -0.15) is 0 Å².